The van der Waals surface area contributed by atoms with Gasteiger partial charge in [0.2, 0.25) is 0 Å². The number of rotatable bonds is 8. The Morgan fingerprint density at radius 1 is 1.25 bits per heavy atom. The zero-order chi connectivity index (χ0) is 15.0. The summed E-state index contributed by atoms with van der Waals surface area (Å²) >= 11 is 0. The SMILES string of the molecule is CCOP(NC(C)C(=O)OC(C)C)Oc1ccccc1. The van der Waals surface area contributed by atoms with Crippen molar-refractivity contribution in [3.8, 4) is 5.75 Å². The standard InChI is InChI=1S/C14H22NO4P/c1-5-17-20(19-13-9-7-6-8-10-13)15-12(4)14(16)18-11(2)3/h6-12,15H,5H2,1-4H3. The molecule has 1 aromatic carbocycles. The minimum Gasteiger partial charge on any atom is -0.462 e. The molecule has 0 fully saturated rings. The lowest BCUT2D eigenvalue weighted by molar-refractivity contribution is -0.149. The van der Waals surface area contributed by atoms with E-state index in [4.69, 9.17) is 13.8 Å². The summed E-state index contributed by atoms with van der Waals surface area (Å²) in [5, 5.41) is 3.02. The maximum Gasteiger partial charge on any atom is 0.323 e. The highest BCUT2D eigenvalue weighted by Crippen LogP contribution is 2.35. The van der Waals surface area contributed by atoms with Crippen LogP contribution in [0.3, 0.4) is 0 Å². The normalized spacial score (nSPS) is 13.8. The molecule has 0 aliphatic carbocycles. The predicted octanol–water partition coefficient (Wildman–Crippen LogP) is 3.26. The number of hydrogen-bond acceptors (Lipinski definition) is 5. The molecule has 0 amide bonds. The summed E-state index contributed by atoms with van der Waals surface area (Å²) in [5.74, 6) is 0.382. The minimum atomic E-state index is -1.38. The number of para-hydroxylation sites is 1. The van der Waals surface area contributed by atoms with E-state index >= 15 is 0 Å². The summed E-state index contributed by atoms with van der Waals surface area (Å²) in [7, 11) is -1.38. The maximum absolute atomic E-state index is 11.8. The lowest BCUT2D eigenvalue weighted by atomic mass is 10.3. The van der Waals surface area contributed by atoms with Crippen LogP contribution >= 0.6 is 8.53 Å². The highest BCUT2D eigenvalue weighted by Gasteiger charge is 2.22. The van der Waals surface area contributed by atoms with Crippen molar-refractivity contribution in [2.75, 3.05) is 6.61 Å². The van der Waals surface area contributed by atoms with Gasteiger partial charge in [0.1, 0.15) is 11.8 Å². The second kappa shape index (κ2) is 8.90. The van der Waals surface area contributed by atoms with Crippen LogP contribution in [0, 0.1) is 0 Å². The quantitative estimate of drug-likeness (QED) is 0.590. The number of hydrogen-bond donors (Lipinski definition) is 1. The number of ether oxygens (including phenoxy) is 1. The fraction of sp³-hybridized carbons (Fsp3) is 0.500. The van der Waals surface area contributed by atoms with Crippen molar-refractivity contribution in [1.82, 2.24) is 5.09 Å². The molecule has 0 spiro atoms. The number of carbonyl (C=O) groups excluding carboxylic acids is 1. The fourth-order valence-corrected chi connectivity index (χ4v) is 2.48. The van der Waals surface area contributed by atoms with E-state index in [1.165, 1.54) is 0 Å². The third-order valence-corrected chi connectivity index (χ3v) is 3.65. The van der Waals surface area contributed by atoms with Gasteiger partial charge in [0.25, 0.3) is 0 Å². The zero-order valence-corrected chi connectivity index (χ0v) is 13.2. The Bertz CT molecular complexity index is 399. The van der Waals surface area contributed by atoms with E-state index in [1.807, 2.05) is 51.1 Å². The Morgan fingerprint density at radius 2 is 1.90 bits per heavy atom. The summed E-state index contributed by atoms with van der Waals surface area (Å²) in [4.78, 5) is 11.8. The van der Waals surface area contributed by atoms with E-state index in [1.54, 1.807) is 6.92 Å². The van der Waals surface area contributed by atoms with Gasteiger partial charge in [-0.2, -0.15) is 0 Å². The molecular formula is C14H22NO4P. The van der Waals surface area contributed by atoms with Gasteiger partial charge in [-0.15, -0.1) is 0 Å². The van der Waals surface area contributed by atoms with Crippen LogP contribution in [0.25, 0.3) is 0 Å². The number of carbonyl (C=O) groups is 1. The molecule has 0 saturated heterocycles. The van der Waals surface area contributed by atoms with Crippen LogP contribution in [0.5, 0.6) is 5.75 Å². The van der Waals surface area contributed by atoms with E-state index in [2.05, 4.69) is 5.09 Å². The maximum atomic E-state index is 11.8. The van der Waals surface area contributed by atoms with E-state index in [0.29, 0.717) is 12.4 Å². The van der Waals surface area contributed by atoms with E-state index in [9.17, 15) is 4.79 Å². The summed E-state index contributed by atoms with van der Waals surface area (Å²) in [6.07, 6.45) is -0.139. The Balaban J connectivity index is 2.56. The highest BCUT2D eigenvalue weighted by molar-refractivity contribution is 7.45. The third-order valence-electron chi connectivity index (χ3n) is 2.18. The second-order valence-corrected chi connectivity index (χ2v) is 5.63. The van der Waals surface area contributed by atoms with Crippen LogP contribution in [0.2, 0.25) is 0 Å². The van der Waals surface area contributed by atoms with Gasteiger partial charge in [0.15, 0.2) is 0 Å². The molecule has 0 heterocycles. The van der Waals surface area contributed by atoms with Gasteiger partial charge >= 0.3 is 14.5 Å². The van der Waals surface area contributed by atoms with Crippen LogP contribution in [-0.4, -0.2) is 24.7 Å². The van der Waals surface area contributed by atoms with Crippen molar-refractivity contribution in [3.63, 3.8) is 0 Å². The average molecular weight is 299 g/mol. The Labute approximate surface area is 121 Å². The summed E-state index contributed by atoms with van der Waals surface area (Å²) in [6.45, 7) is 7.74. The van der Waals surface area contributed by atoms with Crippen LogP contribution in [0.4, 0.5) is 0 Å². The Hall–Kier alpha value is -1.16. The lowest BCUT2D eigenvalue weighted by Gasteiger charge is -2.21. The monoisotopic (exact) mass is 299 g/mol. The predicted molar refractivity (Wildman–Crippen MR) is 79.4 cm³/mol. The first-order chi connectivity index (χ1) is 9.52. The third kappa shape index (κ3) is 6.33. The molecule has 20 heavy (non-hydrogen) atoms. The molecule has 0 bridgehead atoms. The molecule has 0 radical (unpaired) electrons. The molecule has 6 heteroatoms. The van der Waals surface area contributed by atoms with Crippen LogP contribution in [-0.2, 0) is 14.1 Å². The van der Waals surface area contributed by atoms with Crippen LogP contribution in [0.15, 0.2) is 30.3 Å². The number of esters is 1. The van der Waals surface area contributed by atoms with E-state index in [-0.39, 0.29) is 12.1 Å². The van der Waals surface area contributed by atoms with E-state index in [0.717, 1.165) is 0 Å². The minimum absolute atomic E-state index is 0.139. The molecule has 1 N–H and O–H groups in total. The summed E-state index contributed by atoms with van der Waals surface area (Å²) in [5.41, 5.74) is 0. The van der Waals surface area contributed by atoms with Crippen molar-refractivity contribution in [2.45, 2.75) is 39.8 Å². The zero-order valence-electron chi connectivity index (χ0n) is 12.3. The van der Waals surface area contributed by atoms with Crippen molar-refractivity contribution in [3.05, 3.63) is 30.3 Å². The molecule has 0 aliphatic rings. The van der Waals surface area contributed by atoms with Gasteiger partial charge in [0, 0.05) is 0 Å². The molecular weight excluding hydrogens is 277 g/mol. The smallest absolute Gasteiger partial charge is 0.323 e. The molecule has 0 saturated carbocycles. The molecule has 2 atom stereocenters. The van der Waals surface area contributed by atoms with E-state index < -0.39 is 14.6 Å². The first kappa shape index (κ1) is 16.9. The van der Waals surface area contributed by atoms with Gasteiger partial charge in [-0.25, -0.2) is 5.09 Å². The fourth-order valence-electron chi connectivity index (χ4n) is 1.33. The molecule has 5 nitrogen and oxygen atoms in total. The number of benzene rings is 1. The van der Waals surface area contributed by atoms with Crippen molar-refractivity contribution in [2.24, 2.45) is 0 Å². The number of nitrogens with one attached hydrogen (secondary N) is 1. The van der Waals surface area contributed by atoms with Crippen molar-refractivity contribution in [1.29, 1.82) is 0 Å². The molecule has 1 aromatic rings. The first-order valence-corrected chi connectivity index (χ1v) is 7.83. The summed E-state index contributed by atoms with van der Waals surface area (Å²) in [6, 6.07) is 8.86. The van der Waals surface area contributed by atoms with Crippen LogP contribution < -0.4 is 9.61 Å². The first-order valence-electron chi connectivity index (χ1n) is 6.65. The largest absolute Gasteiger partial charge is 0.462 e. The molecule has 1 rings (SSSR count). The summed E-state index contributed by atoms with van der Waals surface area (Å²) < 4.78 is 16.3. The topological polar surface area (TPSA) is 56.8 Å². The van der Waals surface area contributed by atoms with Gasteiger partial charge in [-0.3, -0.25) is 4.79 Å². The van der Waals surface area contributed by atoms with Gasteiger partial charge in [-0.1, -0.05) is 18.2 Å². The highest BCUT2D eigenvalue weighted by atomic mass is 31.2. The van der Waals surface area contributed by atoms with Crippen molar-refractivity contribution >= 4 is 14.5 Å². The Kier molecular flexibility index (Phi) is 7.52. The van der Waals surface area contributed by atoms with Gasteiger partial charge in [0.05, 0.1) is 12.7 Å². The Morgan fingerprint density at radius 3 is 2.45 bits per heavy atom. The molecule has 0 aromatic heterocycles. The van der Waals surface area contributed by atoms with Gasteiger partial charge < -0.3 is 13.8 Å². The molecule has 2 unspecified atom stereocenters. The van der Waals surface area contributed by atoms with Crippen molar-refractivity contribution < 1.29 is 18.6 Å². The molecule has 112 valence electrons. The molecule has 0 aliphatic heterocycles. The lowest BCUT2D eigenvalue weighted by Crippen LogP contribution is -2.34. The van der Waals surface area contributed by atoms with Gasteiger partial charge in [-0.05, 0) is 39.8 Å². The second-order valence-electron chi connectivity index (χ2n) is 4.42. The average Bonchev–Trinajstić information content (AvgIpc) is 2.39. The van der Waals surface area contributed by atoms with Crippen LogP contribution in [0.1, 0.15) is 27.7 Å².